The van der Waals surface area contributed by atoms with Crippen LogP contribution in [0.1, 0.15) is 20.8 Å². The Hall–Kier alpha value is -1.50. The first-order valence-corrected chi connectivity index (χ1v) is 10.1. The molecule has 2 aromatic rings. The normalized spacial score (nSPS) is 13.1. The van der Waals surface area contributed by atoms with Gasteiger partial charge in [0.05, 0.1) is 0 Å². The van der Waals surface area contributed by atoms with E-state index < -0.39 is 23.9 Å². The molecule has 0 N–H and O–H groups in total. The average molecular weight is 338 g/mol. The van der Waals surface area contributed by atoms with Crippen molar-refractivity contribution in [1.82, 2.24) is 0 Å². The molecule has 6 heteroatoms. The van der Waals surface area contributed by atoms with E-state index in [0.29, 0.717) is 0 Å². The van der Waals surface area contributed by atoms with Gasteiger partial charge in [-0.15, -0.1) is 0 Å². The molecule has 0 bridgehead atoms. The summed E-state index contributed by atoms with van der Waals surface area (Å²) < 4.78 is 41.5. The van der Waals surface area contributed by atoms with Gasteiger partial charge >= 0.3 is 10.5 Å². The fourth-order valence-electron chi connectivity index (χ4n) is 2.75. The highest BCUT2D eigenvalue weighted by Gasteiger charge is 2.53. The first-order chi connectivity index (χ1) is 10.2. The van der Waals surface area contributed by atoms with Crippen LogP contribution in [0.3, 0.4) is 0 Å². The third-order valence-corrected chi connectivity index (χ3v) is 9.84. The molecule has 22 heavy (non-hydrogen) atoms. The van der Waals surface area contributed by atoms with Crippen molar-refractivity contribution >= 4 is 29.2 Å². The van der Waals surface area contributed by atoms with Gasteiger partial charge in [0.2, 0.25) is 0 Å². The highest BCUT2D eigenvalue weighted by atomic mass is 32.3. The highest BCUT2D eigenvalue weighted by molar-refractivity contribution is 7.82. The molecule has 0 aliphatic carbocycles. The molecule has 0 aliphatic rings. The summed E-state index contributed by atoms with van der Waals surface area (Å²) in [6.45, 7) is 5.64. The zero-order chi connectivity index (χ0) is 16.4. The molecule has 3 nitrogen and oxygen atoms in total. The minimum atomic E-state index is -5.10. The van der Waals surface area contributed by atoms with E-state index in [1.807, 2.05) is 32.9 Å². The first kappa shape index (κ1) is 16.9. The Morgan fingerprint density at radius 2 is 1.23 bits per heavy atom. The maximum Gasteiger partial charge on any atom is 0.428 e. The lowest BCUT2D eigenvalue weighted by Gasteiger charge is -2.40. The van der Waals surface area contributed by atoms with Crippen LogP contribution in [0.25, 0.3) is 0 Å². The monoisotopic (exact) mass is 338 g/mol. The third kappa shape index (κ3) is 3.29. The van der Waals surface area contributed by atoms with E-state index in [2.05, 4.69) is 0 Å². The van der Waals surface area contributed by atoms with Crippen molar-refractivity contribution < 1.29 is 16.2 Å². The highest BCUT2D eigenvalue weighted by Crippen LogP contribution is 2.37. The van der Waals surface area contributed by atoms with E-state index in [1.54, 1.807) is 48.5 Å². The number of halogens is 1. The molecule has 0 radical (unpaired) electrons. The van der Waals surface area contributed by atoms with Crippen LogP contribution in [0.2, 0.25) is 5.04 Å². The lowest BCUT2D eigenvalue weighted by Crippen LogP contribution is -2.66. The van der Waals surface area contributed by atoms with Gasteiger partial charge in [0.25, 0.3) is 8.32 Å². The summed E-state index contributed by atoms with van der Waals surface area (Å²) in [6, 6.07) is 18.1. The minimum Gasteiger partial charge on any atom is -0.278 e. The van der Waals surface area contributed by atoms with Crippen molar-refractivity contribution in [3.05, 3.63) is 60.7 Å². The van der Waals surface area contributed by atoms with E-state index in [9.17, 15) is 12.3 Å². The molecule has 0 fully saturated rings. The SMILES string of the molecule is CC(C)(C)[Si](OS(=O)(=O)F)(c1ccccc1)c1ccccc1. The van der Waals surface area contributed by atoms with E-state index in [4.69, 9.17) is 3.87 Å². The topological polar surface area (TPSA) is 43.4 Å². The molecule has 0 spiro atoms. The maximum atomic E-state index is 13.6. The second kappa shape index (κ2) is 5.95. The Labute approximate surface area is 132 Å². The van der Waals surface area contributed by atoms with Gasteiger partial charge in [0.1, 0.15) is 0 Å². The van der Waals surface area contributed by atoms with E-state index in [-0.39, 0.29) is 0 Å². The minimum absolute atomic E-state index is 0.575. The Kier molecular flexibility index (Phi) is 4.56. The Balaban J connectivity index is 2.82. The zero-order valence-electron chi connectivity index (χ0n) is 12.8. The van der Waals surface area contributed by atoms with Gasteiger partial charge in [0, 0.05) is 0 Å². The quantitative estimate of drug-likeness (QED) is 0.636. The molecule has 2 aromatic carbocycles. The molecule has 0 amide bonds. The van der Waals surface area contributed by atoms with Crippen LogP contribution in [0.15, 0.2) is 60.7 Å². The second-order valence-electron chi connectivity index (χ2n) is 6.14. The summed E-state index contributed by atoms with van der Waals surface area (Å²) in [4.78, 5) is 0. The molecule has 0 saturated heterocycles. The second-order valence-corrected chi connectivity index (χ2v) is 11.6. The Morgan fingerprint density at radius 1 is 0.864 bits per heavy atom. The summed E-state index contributed by atoms with van der Waals surface area (Å²) in [5.74, 6) is 0. The lowest BCUT2D eigenvalue weighted by atomic mass is 10.2. The van der Waals surface area contributed by atoms with Gasteiger partial charge in [-0.25, -0.2) is 0 Å². The van der Waals surface area contributed by atoms with Crippen molar-refractivity contribution in [3.63, 3.8) is 0 Å². The molecule has 0 aliphatic heterocycles. The number of hydrogen-bond donors (Lipinski definition) is 0. The lowest BCUT2D eigenvalue weighted by molar-refractivity contribution is 0.425. The summed E-state index contributed by atoms with van der Waals surface area (Å²) in [5, 5.41) is 0.861. The van der Waals surface area contributed by atoms with Crippen LogP contribution in [-0.2, 0) is 14.4 Å². The molecular weight excluding hydrogens is 319 g/mol. The van der Waals surface area contributed by atoms with Crippen LogP contribution in [0.4, 0.5) is 3.89 Å². The van der Waals surface area contributed by atoms with E-state index >= 15 is 0 Å². The molecule has 0 atom stereocenters. The van der Waals surface area contributed by atoms with Crippen molar-refractivity contribution in [2.24, 2.45) is 0 Å². The summed E-state index contributed by atoms with van der Waals surface area (Å²) in [6.07, 6.45) is 0. The molecule has 118 valence electrons. The van der Waals surface area contributed by atoms with Gasteiger partial charge in [-0.1, -0.05) is 85.3 Å². The molecule has 0 aromatic heterocycles. The van der Waals surface area contributed by atoms with Crippen molar-refractivity contribution in [2.45, 2.75) is 25.8 Å². The molecular formula is C16H19FO3SSi. The van der Waals surface area contributed by atoms with Crippen LogP contribution >= 0.6 is 0 Å². The van der Waals surface area contributed by atoms with Crippen LogP contribution in [-0.4, -0.2) is 16.7 Å². The van der Waals surface area contributed by atoms with Crippen LogP contribution in [0, 0.1) is 0 Å². The van der Waals surface area contributed by atoms with Gasteiger partial charge in [0.15, 0.2) is 0 Å². The molecule has 0 heterocycles. The fraction of sp³-hybridized carbons (Fsp3) is 0.250. The first-order valence-electron chi connectivity index (χ1n) is 6.93. The van der Waals surface area contributed by atoms with Gasteiger partial charge < -0.3 is 0 Å². The summed E-state index contributed by atoms with van der Waals surface area (Å²) >= 11 is 0. The van der Waals surface area contributed by atoms with Gasteiger partial charge in [-0.2, -0.15) is 8.42 Å². The molecule has 0 saturated carbocycles. The Bertz CT molecular complexity index is 685. The van der Waals surface area contributed by atoms with Gasteiger partial charge in [-0.3, -0.25) is 3.87 Å². The zero-order valence-corrected chi connectivity index (χ0v) is 14.6. The number of hydrogen-bond acceptors (Lipinski definition) is 3. The van der Waals surface area contributed by atoms with Crippen LogP contribution < -0.4 is 10.4 Å². The van der Waals surface area contributed by atoms with Gasteiger partial charge in [-0.05, 0) is 15.4 Å². The van der Waals surface area contributed by atoms with E-state index in [1.165, 1.54) is 0 Å². The number of rotatable bonds is 4. The number of benzene rings is 2. The predicted molar refractivity (Wildman–Crippen MR) is 88.7 cm³/mol. The van der Waals surface area contributed by atoms with E-state index in [0.717, 1.165) is 10.4 Å². The van der Waals surface area contributed by atoms with Crippen molar-refractivity contribution in [3.8, 4) is 0 Å². The van der Waals surface area contributed by atoms with Crippen molar-refractivity contribution in [2.75, 3.05) is 0 Å². The third-order valence-electron chi connectivity index (χ3n) is 3.64. The molecule has 2 rings (SSSR count). The predicted octanol–water partition coefficient (Wildman–Crippen LogP) is 2.78. The fourth-order valence-corrected chi connectivity index (χ4v) is 9.10. The smallest absolute Gasteiger partial charge is 0.278 e. The average Bonchev–Trinajstić information content (AvgIpc) is 2.44. The maximum absolute atomic E-state index is 13.6. The summed E-state index contributed by atoms with van der Waals surface area (Å²) in [7, 11) is -8.45. The largest absolute Gasteiger partial charge is 0.428 e. The van der Waals surface area contributed by atoms with Crippen LogP contribution in [0.5, 0.6) is 0 Å². The van der Waals surface area contributed by atoms with Crippen molar-refractivity contribution in [1.29, 1.82) is 0 Å². The standard InChI is InChI=1S/C16H19FO3SSi/c1-16(2,3)22(20-21(17,18)19,14-10-6-4-7-11-14)15-12-8-5-9-13-15/h4-13H,1-3H3. The molecule has 0 unspecified atom stereocenters. The summed E-state index contributed by atoms with van der Waals surface area (Å²) in [5.41, 5.74) is 0. The Morgan fingerprint density at radius 3 is 1.50 bits per heavy atom.